The number of nitrogens with one attached hydrogen (secondary N) is 1. The minimum Gasteiger partial charge on any atom is -0.478 e. The minimum atomic E-state index is -1.44. The van der Waals surface area contributed by atoms with Crippen LogP contribution in [0.4, 0.5) is 14.5 Å². The highest BCUT2D eigenvalue weighted by Crippen LogP contribution is 2.26. The summed E-state index contributed by atoms with van der Waals surface area (Å²) in [5.41, 5.74) is 1.01. The molecule has 0 aliphatic rings. The van der Waals surface area contributed by atoms with Crippen molar-refractivity contribution >= 4 is 23.0 Å². The van der Waals surface area contributed by atoms with Gasteiger partial charge >= 0.3 is 5.97 Å². The van der Waals surface area contributed by atoms with Crippen molar-refractivity contribution in [2.75, 3.05) is 5.32 Å². The van der Waals surface area contributed by atoms with Crippen LogP contribution >= 0.6 is 11.3 Å². The number of carboxylic acids is 1. The normalized spacial score (nSPS) is 12.2. The summed E-state index contributed by atoms with van der Waals surface area (Å²) in [6.45, 7) is 1.77. The van der Waals surface area contributed by atoms with Gasteiger partial charge in [0.05, 0.1) is 22.8 Å². The predicted octanol–water partition coefficient (Wildman–Crippen LogP) is 3.29. The summed E-state index contributed by atoms with van der Waals surface area (Å²) in [6.07, 6.45) is 1.63. The largest absolute Gasteiger partial charge is 0.478 e. The summed E-state index contributed by atoms with van der Waals surface area (Å²) in [6, 6.07) is 1.25. The first-order chi connectivity index (χ1) is 8.99. The Labute approximate surface area is 111 Å². The zero-order chi connectivity index (χ0) is 14.0. The van der Waals surface area contributed by atoms with E-state index in [1.165, 1.54) is 11.3 Å². The van der Waals surface area contributed by atoms with E-state index in [4.69, 9.17) is 5.11 Å². The van der Waals surface area contributed by atoms with E-state index >= 15 is 0 Å². The van der Waals surface area contributed by atoms with Crippen LogP contribution in [0.25, 0.3) is 0 Å². The highest BCUT2D eigenvalue weighted by atomic mass is 32.1. The first-order valence-electron chi connectivity index (χ1n) is 5.36. The predicted molar refractivity (Wildman–Crippen MR) is 67.5 cm³/mol. The van der Waals surface area contributed by atoms with Crippen molar-refractivity contribution in [3.8, 4) is 0 Å². The van der Waals surface area contributed by atoms with E-state index in [0.717, 1.165) is 10.9 Å². The monoisotopic (exact) mass is 284 g/mol. The van der Waals surface area contributed by atoms with Gasteiger partial charge in [0.15, 0.2) is 0 Å². The molecule has 1 aromatic heterocycles. The Bertz CT molecular complexity index is 602. The van der Waals surface area contributed by atoms with E-state index < -0.39 is 23.2 Å². The number of nitrogens with zero attached hydrogens (tertiary/aromatic N) is 1. The number of thiazole rings is 1. The molecule has 4 nitrogen and oxygen atoms in total. The summed E-state index contributed by atoms with van der Waals surface area (Å²) >= 11 is 1.38. The Morgan fingerprint density at radius 2 is 2.16 bits per heavy atom. The van der Waals surface area contributed by atoms with Crippen LogP contribution in [-0.4, -0.2) is 16.1 Å². The zero-order valence-electron chi connectivity index (χ0n) is 9.85. The lowest BCUT2D eigenvalue weighted by molar-refractivity contribution is 0.0692. The fourth-order valence-corrected chi connectivity index (χ4v) is 2.20. The molecule has 100 valence electrons. The second-order valence-corrected chi connectivity index (χ2v) is 4.80. The van der Waals surface area contributed by atoms with Crippen molar-refractivity contribution in [1.82, 2.24) is 4.98 Å². The van der Waals surface area contributed by atoms with Gasteiger partial charge in [-0.05, 0) is 13.0 Å². The topological polar surface area (TPSA) is 62.2 Å². The fourth-order valence-electron chi connectivity index (χ4n) is 1.57. The van der Waals surface area contributed by atoms with Crippen LogP contribution in [0.2, 0.25) is 0 Å². The number of rotatable bonds is 4. The van der Waals surface area contributed by atoms with Gasteiger partial charge in [0, 0.05) is 17.1 Å². The van der Waals surface area contributed by atoms with E-state index in [9.17, 15) is 13.6 Å². The van der Waals surface area contributed by atoms with Crippen molar-refractivity contribution in [1.29, 1.82) is 0 Å². The van der Waals surface area contributed by atoms with Crippen LogP contribution in [-0.2, 0) is 0 Å². The summed E-state index contributed by atoms with van der Waals surface area (Å²) < 4.78 is 26.8. The van der Waals surface area contributed by atoms with Gasteiger partial charge in [0.1, 0.15) is 11.6 Å². The third kappa shape index (κ3) is 2.87. The van der Waals surface area contributed by atoms with Gasteiger partial charge in [-0.25, -0.2) is 13.6 Å². The molecule has 2 rings (SSSR count). The molecule has 0 bridgehead atoms. The minimum absolute atomic E-state index is 0.0558. The fraction of sp³-hybridized carbons (Fsp3) is 0.167. The quantitative estimate of drug-likeness (QED) is 0.904. The second kappa shape index (κ2) is 5.31. The van der Waals surface area contributed by atoms with Gasteiger partial charge in [-0.1, -0.05) is 0 Å². The van der Waals surface area contributed by atoms with E-state index in [1.54, 1.807) is 18.6 Å². The maximum absolute atomic E-state index is 13.6. The zero-order valence-corrected chi connectivity index (χ0v) is 10.7. The first kappa shape index (κ1) is 13.4. The summed E-state index contributed by atoms with van der Waals surface area (Å²) in [5.74, 6) is -3.37. The Morgan fingerprint density at radius 1 is 1.42 bits per heavy atom. The van der Waals surface area contributed by atoms with Gasteiger partial charge in [-0.2, -0.15) is 0 Å². The number of aromatic carboxylic acids is 1. The van der Waals surface area contributed by atoms with Gasteiger partial charge in [-0.3, -0.25) is 4.98 Å². The summed E-state index contributed by atoms with van der Waals surface area (Å²) in [4.78, 5) is 15.6. The number of benzene rings is 1. The van der Waals surface area contributed by atoms with Crippen molar-refractivity contribution in [2.24, 2.45) is 0 Å². The van der Waals surface area contributed by atoms with Crippen molar-refractivity contribution in [3.05, 3.63) is 45.9 Å². The van der Waals surface area contributed by atoms with Crippen molar-refractivity contribution in [3.63, 3.8) is 0 Å². The first-order valence-corrected chi connectivity index (χ1v) is 6.24. The molecule has 2 N–H and O–H groups in total. The van der Waals surface area contributed by atoms with E-state index in [0.29, 0.717) is 6.07 Å². The third-order valence-corrected chi connectivity index (χ3v) is 3.50. The highest BCUT2D eigenvalue weighted by Gasteiger charge is 2.17. The van der Waals surface area contributed by atoms with E-state index in [2.05, 4.69) is 10.3 Å². The lowest BCUT2D eigenvalue weighted by Crippen LogP contribution is -2.09. The lowest BCUT2D eigenvalue weighted by Gasteiger charge is -2.14. The maximum atomic E-state index is 13.6. The highest BCUT2D eigenvalue weighted by molar-refractivity contribution is 7.09. The number of hydrogen-bond acceptors (Lipinski definition) is 4. The molecule has 7 heteroatoms. The number of halogens is 2. The molecule has 0 saturated heterocycles. The Balaban J connectivity index is 2.30. The van der Waals surface area contributed by atoms with Gasteiger partial charge in [-0.15, -0.1) is 11.3 Å². The summed E-state index contributed by atoms with van der Waals surface area (Å²) in [7, 11) is 0. The average molecular weight is 284 g/mol. The van der Waals surface area contributed by atoms with Crippen LogP contribution in [0.5, 0.6) is 0 Å². The SMILES string of the molecule is CC(Nc1cc(C(=O)O)c(F)cc1F)c1cncs1. The van der Waals surface area contributed by atoms with E-state index in [1.807, 2.05) is 0 Å². The van der Waals surface area contributed by atoms with Gasteiger partial charge in [0.2, 0.25) is 0 Å². The van der Waals surface area contributed by atoms with Crippen molar-refractivity contribution < 1.29 is 18.7 Å². The number of hydrogen-bond donors (Lipinski definition) is 2. The van der Waals surface area contributed by atoms with Crippen LogP contribution in [0.3, 0.4) is 0 Å². The van der Waals surface area contributed by atoms with Gasteiger partial charge in [0.25, 0.3) is 0 Å². The molecule has 1 heterocycles. The molecule has 0 aliphatic heterocycles. The molecule has 0 radical (unpaired) electrons. The molecule has 1 aromatic carbocycles. The number of aromatic nitrogens is 1. The smallest absolute Gasteiger partial charge is 0.338 e. The van der Waals surface area contributed by atoms with Gasteiger partial charge < -0.3 is 10.4 Å². The molecule has 0 saturated carbocycles. The standard InChI is InChI=1S/C12H10F2N2O2S/c1-6(11-4-15-5-19-11)16-10-2-7(12(17)18)8(13)3-9(10)14/h2-6,16H,1H3,(H,17,18). The molecule has 1 atom stereocenters. The molecule has 19 heavy (non-hydrogen) atoms. The molecular weight excluding hydrogens is 274 g/mol. The van der Waals surface area contributed by atoms with E-state index in [-0.39, 0.29) is 11.7 Å². The molecule has 0 spiro atoms. The van der Waals surface area contributed by atoms with Crippen molar-refractivity contribution in [2.45, 2.75) is 13.0 Å². The molecule has 0 aliphatic carbocycles. The number of carboxylic acid groups (broad SMARTS) is 1. The van der Waals surface area contributed by atoms with Crippen LogP contribution in [0, 0.1) is 11.6 Å². The molecule has 1 unspecified atom stereocenters. The third-order valence-electron chi connectivity index (χ3n) is 2.54. The molecule has 0 amide bonds. The molecule has 2 aromatic rings. The maximum Gasteiger partial charge on any atom is 0.338 e. The molecular formula is C12H10F2N2O2S. The Hall–Kier alpha value is -2.02. The number of carbonyl (C=O) groups is 1. The summed E-state index contributed by atoms with van der Waals surface area (Å²) in [5, 5.41) is 11.6. The Kier molecular flexibility index (Phi) is 3.75. The molecule has 0 fully saturated rings. The average Bonchev–Trinajstić information content (AvgIpc) is 2.85. The second-order valence-electron chi connectivity index (χ2n) is 3.89. The van der Waals surface area contributed by atoms with Crippen LogP contribution in [0.1, 0.15) is 28.2 Å². The number of anilines is 1. The van der Waals surface area contributed by atoms with Crippen LogP contribution in [0.15, 0.2) is 23.8 Å². The lowest BCUT2D eigenvalue weighted by atomic mass is 10.1. The van der Waals surface area contributed by atoms with Crippen LogP contribution < -0.4 is 5.32 Å². The Morgan fingerprint density at radius 3 is 2.74 bits per heavy atom.